The molecule has 0 aliphatic carbocycles. The number of nitrogens with zero attached hydrogens (tertiary/aromatic N) is 3. The number of carbonyl (C=O) groups is 1. The van der Waals surface area contributed by atoms with E-state index >= 15 is 0 Å². The molecular weight excluding hydrogens is 390 g/mol. The Morgan fingerprint density at radius 2 is 1.97 bits per heavy atom. The number of aryl methyl sites for hydroxylation is 1. The lowest BCUT2D eigenvalue weighted by molar-refractivity contribution is 0.0697. The number of aliphatic hydroxyl groups excluding tert-OH is 1. The molecule has 1 heterocycles. The van der Waals surface area contributed by atoms with E-state index in [1.807, 2.05) is 54.0 Å². The third kappa shape index (κ3) is 4.84. The molecule has 1 aromatic heterocycles. The Hall–Kier alpha value is -3.43. The summed E-state index contributed by atoms with van der Waals surface area (Å²) in [6.07, 6.45) is 2.65. The van der Waals surface area contributed by atoms with Crippen LogP contribution in [0.4, 0.5) is 0 Å². The lowest BCUT2D eigenvalue weighted by Crippen LogP contribution is -2.10. The molecule has 0 spiro atoms. The summed E-state index contributed by atoms with van der Waals surface area (Å²) in [5.41, 5.74) is 3.53. The van der Waals surface area contributed by atoms with Crippen molar-refractivity contribution in [1.29, 1.82) is 5.26 Å². The van der Waals surface area contributed by atoms with E-state index in [1.54, 1.807) is 6.07 Å². The lowest BCUT2D eigenvalue weighted by atomic mass is 9.97. The van der Waals surface area contributed by atoms with Crippen LogP contribution >= 0.6 is 0 Å². The minimum Gasteiger partial charge on any atom is -0.478 e. The van der Waals surface area contributed by atoms with Crippen LogP contribution in [0.5, 0.6) is 0 Å². The van der Waals surface area contributed by atoms with Crippen molar-refractivity contribution < 1.29 is 15.0 Å². The molecule has 3 aromatic rings. The van der Waals surface area contributed by atoms with Gasteiger partial charge in [-0.15, -0.1) is 0 Å². The van der Waals surface area contributed by atoms with Crippen molar-refractivity contribution >= 4 is 5.97 Å². The quantitative estimate of drug-likeness (QED) is 0.530. The summed E-state index contributed by atoms with van der Waals surface area (Å²) in [5, 5.41) is 29.2. The van der Waals surface area contributed by atoms with Crippen LogP contribution in [0.2, 0.25) is 0 Å². The molecule has 1 atom stereocenters. The maximum atomic E-state index is 12.0. The largest absolute Gasteiger partial charge is 0.478 e. The van der Waals surface area contributed by atoms with E-state index in [0.29, 0.717) is 23.5 Å². The van der Waals surface area contributed by atoms with Crippen LogP contribution in [0, 0.1) is 11.3 Å². The fourth-order valence-electron chi connectivity index (χ4n) is 3.68. The average Bonchev–Trinajstić information content (AvgIpc) is 3.14. The summed E-state index contributed by atoms with van der Waals surface area (Å²) in [6.45, 7) is 4.20. The fraction of sp³-hybridized carbons (Fsp3) is 0.320. The second-order valence-electron chi connectivity index (χ2n) is 7.70. The van der Waals surface area contributed by atoms with Crippen LogP contribution in [-0.4, -0.2) is 32.3 Å². The van der Waals surface area contributed by atoms with E-state index in [-0.39, 0.29) is 18.1 Å². The summed E-state index contributed by atoms with van der Waals surface area (Å²) < 4.78 is 1.86. The number of aromatic carboxylic acids is 1. The minimum atomic E-state index is -0.993. The number of nitriles is 1. The molecule has 3 rings (SSSR count). The Balaban J connectivity index is 2.05. The Morgan fingerprint density at radius 1 is 1.23 bits per heavy atom. The van der Waals surface area contributed by atoms with Gasteiger partial charge in [-0.2, -0.15) is 5.26 Å². The maximum absolute atomic E-state index is 12.0. The first-order chi connectivity index (χ1) is 15.0. The van der Waals surface area contributed by atoms with Gasteiger partial charge in [-0.25, -0.2) is 9.78 Å². The summed E-state index contributed by atoms with van der Waals surface area (Å²) in [5.74, 6) is -0.448. The zero-order valence-electron chi connectivity index (χ0n) is 17.9. The molecule has 6 nitrogen and oxygen atoms in total. The predicted molar refractivity (Wildman–Crippen MR) is 119 cm³/mol. The molecule has 0 bridgehead atoms. The fourth-order valence-corrected chi connectivity index (χ4v) is 3.68. The van der Waals surface area contributed by atoms with Crippen molar-refractivity contribution in [3.05, 3.63) is 76.9 Å². The van der Waals surface area contributed by atoms with Crippen molar-refractivity contribution in [1.82, 2.24) is 9.55 Å². The molecule has 2 N–H and O–H groups in total. The van der Waals surface area contributed by atoms with Crippen LogP contribution in [-0.2, 0) is 13.0 Å². The monoisotopic (exact) mass is 417 g/mol. The van der Waals surface area contributed by atoms with Crippen molar-refractivity contribution in [3.63, 3.8) is 0 Å². The van der Waals surface area contributed by atoms with Crippen LogP contribution in [0.3, 0.4) is 0 Å². The molecule has 0 aliphatic rings. The highest BCUT2D eigenvalue weighted by Crippen LogP contribution is 2.27. The first-order valence-electron chi connectivity index (χ1n) is 10.5. The van der Waals surface area contributed by atoms with E-state index < -0.39 is 5.97 Å². The third-order valence-corrected chi connectivity index (χ3v) is 5.41. The van der Waals surface area contributed by atoms with Crippen LogP contribution in [0.25, 0.3) is 11.1 Å². The highest BCUT2D eigenvalue weighted by Gasteiger charge is 2.22. The van der Waals surface area contributed by atoms with E-state index in [1.165, 1.54) is 0 Å². The molecule has 160 valence electrons. The van der Waals surface area contributed by atoms with Gasteiger partial charge in [-0.05, 0) is 29.2 Å². The van der Waals surface area contributed by atoms with Gasteiger partial charge in [0.1, 0.15) is 17.6 Å². The first kappa shape index (κ1) is 22.3. The molecule has 0 radical (unpaired) electrons. The normalized spacial score (nSPS) is 11.8. The van der Waals surface area contributed by atoms with Crippen LogP contribution in [0.1, 0.15) is 65.7 Å². The number of benzene rings is 2. The van der Waals surface area contributed by atoms with Crippen molar-refractivity contribution in [3.8, 4) is 17.2 Å². The summed E-state index contributed by atoms with van der Waals surface area (Å²) in [6, 6.07) is 17.1. The molecule has 0 amide bonds. The molecule has 1 unspecified atom stereocenters. The summed E-state index contributed by atoms with van der Waals surface area (Å²) >= 11 is 0. The molecule has 2 aromatic carbocycles. The molecule has 0 aliphatic heterocycles. The van der Waals surface area contributed by atoms with Gasteiger partial charge in [0.25, 0.3) is 0 Å². The SMILES string of the molecule is CCCCc1nc(C(C)CO)c(C#N)n1Cc1ccc(-c2ccccc2)c(C(=O)O)c1. The molecule has 0 saturated carbocycles. The van der Waals surface area contributed by atoms with Crippen LogP contribution < -0.4 is 0 Å². The molecule has 31 heavy (non-hydrogen) atoms. The van der Waals surface area contributed by atoms with Gasteiger partial charge in [0.2, 0.25) is 0 Å². The maximum Gasteiger partial charge on any atom is 0.336 e. The molecule has 0 saturated heterocycles. The highest BCUT2D eigenvalue weighted by atomic mass is 16.4. The summed E-state index contributed by atoms with van der Waals surface area (Å²) in [4.78, 5) is 16.6. The smallest absolute Gasteiger partial charge is 0.336 e. The zero-order valence-corrected chi connectivity index (χ0v) is 17.9. The van der Waals surface area contributed by atoms with E-state index in [0.717, 1.165) is 36.2 Å². The minimum absolute atomic E-state index is 0.0894. The van der Waals surface area contributed by atoms with Crippen LogP contribution in [0.15, 0.2) is 48.5 Å². The first-order valence-corrected chi connectivity index (χ1v) is 10.5. The number of unbranched alkanes of at least 4 members (excludes halogenated alkanes) is 1. The van der Waals surface area contributed by atoms with Gasteiger partial charge in [-0.1, -0.05) is 62.7 Å². The Kier molecular flexibility index (Phi) is 7.22. The number of carboxylic acids is 1. The van der Waals surface area contributed by atoms with E-state index in [4.69, 9.17) is 0 Å². The predicted octanol–water partition coefficient (Wildman–Crippen LogP) is 4.61. The highest BCUT2D eigenvalue weighted by molar-refractivity contribution is 5.96. The number of aromatic nitrogens is 2. The van der Waals surface area contributed by atoms with Gasteiger partial charge in [0.05, 0.1) is 24.4 Å². The number of rotatable bonds is 9. The van der Waals surface area contributed by atoms with Crippen molar-refractivity contribution in [2.45, 2.75) is 45.6 Å². The Bertz CT molecular complexity index is 1100. The number of carboxylic acid groups (broad SMARTS) is 1. The zero-order chi connectivity index (χ0) is 22.4. The van der Waals surface area contributed by atoms with Crippen molar-refractivity contribution in [2.24, 2.45) is 0 Å². The Labute approximate surface area is 182 Å². The molecule has 0 fully saturated rings. The van der Waals surface area contributed by atoms with Gasteiger partial charge < -0.3 is 14.8 Å². The number of imidazole rings is 1. The van der Waals surface area contributed by atoms with Gasteiger partial charge >= 0.3 is 5.97 Å². The standard InChI is InChI=1S/C25H27N3O3/c1-3-4-10-23-27-24(17(2)16-29)22(14-26)28(23)15-18-11-12-20(21(13-18)25(30)31)19-8-6-5-7-9-19/h5-9,11-13,17,29H,3-4,10,15-16H2,1-2H3,(H,30,31). The lowest BCUT2D eigenvalue weighted by Gasteiger charge is -2.13. The second kappa shape index (κ2) is 10.1. The van der Waals surface area contributed by atoms with Crippen molar-refractivity contribution in [2.75, 3.05) is 6.61 Å². The summed E-state index contributed by atoms with van der Waals surface area (Å²) in [7, 11) is 0. The van der Waals surface area contributed by atoms with Gasteiger partial charge in [0.15, 0.2) is 0 Å². The molecular formula is C25H27N3O3. The number of hydrogen-bond acceptors (Lipinski definition) is 4. The number of hydrogen-bond donors (Lipinski definition) is 2. The molecule has 6 heteroatoms. The third-order valence-electron chi connectivity index (χ3n) is 5.41. The van der Waals surface area contributed by atoms with Gasteiger partial charge in [-0.3, -0.25) is 0 Å². The number of aliphatic hydroxyl groups is 1. The second-order valence-corrected chi connectivity index (χ2v) is 7.70. The van der Waals surface area contributed by atoms with Gasteiger partial charge in [0, 0.05) is 12.3 Å². The average molecular weight is 418 g/mol. The van der Waals surface area contributed by atoms with E-state index in [2.05, 4.69) is 18.0 Å². The van der Waals surface area contributed by atoms with E-state index in [9.17, 15) is 20.3 Å². The Morgan fingerprint density at radius 3 is 2.58 bits per heavy atom. The topological polar surface area (TPSA) is 99.1 Å².